The van der Waals surface area contributed by atoms with Gasteiger partial charge in [0.05, 0.1) is 30.7 Å². The molecule has 1 saturated heterocycles. The third-order valence-electron chi connectivity index (χ3n) is 4.84. The van der Waals surface area contributed by atoms with E-state index >= 15 is 0 Å². The Balaban J connectivity index is 2.01. The van der Waals surface area contributed by atoms with Crippen LogP contribution in [0.1, 0.15) is 30.2 Å². The summed E-state index contributed by atoms with van der Waals surface area (Å²) in [6.07, 6.45) is 0. The van der Waals surface area contributed by atoms with E-state index in [2.05, 4.69) is 11.0 Å². The molecule has 0 saturated carbocycles. The van der Waals surface area contributed by atoms with E-state index < -0.39 is 5.41 Å². The second-order valence-corrected chi connectivity index (χ2v) is 8.07. The molecule has 1 aliphatic heterocycles. The summed E-state index contributed by atoms with van der Waals surface area (Å²) in [5.74, 6) is -0.906. The van der Waals surface area contributed by atoms with E-state index in [1.807, 2.05) is 26.0 Å². The van der Waals surface area contributed by atoms with Crippen molar-refractivity contribution in [1.29, 1.82) is 0 Å². The number of halogens is 1. The van der Waals surface area contributed by atoms with Gasteiger partial charge in [0.2, 0.25) is 0 Å². The Morgan fingerprint density at radius 1 is 1.27 bits per heavy atom. The highest BCUT2D eigenvalue weighted by atomic mass is 32.1. The molecule has 0 N–H and O–H groups in total. The SMILES string of the molecule is COC(=O)C(C)(C)C(c1cccc(F)c1)c1ccc(N2CCOCC2)s1. The minimum atomic E-state index is -0.824. The minimum Gasteiger partial charge on any atom is -0.469 e. The van der Waals surface area contributed by atoms with Crippen LogP contribution in [0.25, 0.3) is 0 Å². The molecule has 2 aromatic rings. The predicted molar refractivity (Wildman–Crippen MR) is 101 cm³/mol. The first-order valence-corrected chi connectivity index (χ1v) is 9.51. The molecule has 2 heterocycles. The van der Waals surface area contributed by atoms with E-state index in [0.717, 1.165) is 28.5 Å². The van der Waals surface area contributed by atoms with Crippen molar-refractivity contribution in [3.8, 4) is 0 Å². The molecular weight excluding hydrogens is 353 g/mol. The smallest absolute Gasteiger partial charge is 0.312 e. The van der Waals surface area contributed by atoms with Crippen LogP contribution in [0.2, 0.25) is 0 Å². The molecule has 0 aliphatic carbocycles. The monoisotopic (exact) mass is 377 g/mol. The Morgan fingerprint density at radius 2 is 2.00 bits per heavy atom. The van der Waals surface area contributed by atoms with Crippen LogP contribution in [0.15, 0.2) is 36.4 Å². The summed E-state index contributed by atoms with van der Waals surface area (Å²) in [6.45, 7) is 6.84. The maximum atomic E-state index is 13.9. The van der Waals surface area contributed by atoms with Crippen LogP contribution in [0.3, 0.4) is 0 Å². The molecule has 0 amide bonds. The summed E-state index contributed by atoms with van der Waals surface area (Å²) in [4.78, 5) is 15.8. The Labute approximate surface area is 157 Å². The molecule has 1 aromatic carbocycles. The lowest BCUT2D eigenvalue weighted by molar-refractivity contribution is -0.151. The number of carbonyl (C=O) groups excluding carboxylic acids is 1. The van der Waals surface area contributed by atoms with Gasteiger partial charge in [0.15, 0.2) is 0 Å². The molecule has 3 rings (SSSR count). The standard InChI is InChI=1S/C20H24FNO3S/c1-20(2,19(23)24-3)18(14-5-4-6-15(21)13-14)16-7-8-17(26-16)22-9-11-25-12-10-22/h4-8,13,18H,9-12H2,1-3H3. The average Bonchev–Trinajstić information content (AvgIpc) is 3.11. The normalized spacial score (nSPS) is 16.4. The number of morpholine rings is 1. The first-order chi connectivity index (χ1) is 12.4. The summed E-state index contributed by atoms with van der Waals surface area (Å²) in [7, 11) is 1.39. The largest absolute Gasteiger partial charge is 0.469 e. The molecule has 0 spiro atoms. The lowest BCUT2D eigenvalue weighted by Gasteiger charge is -2.32. The molecule has 140 valence electrons. The number of nitrogens with zero attached hydrogens (tertiary/aromatic N) is 1. The van der Waals surface area contributed by atoms with E-state index in [1.165, 1.54) is 19.2 Å². The van der Waals surface area contributed by atoms with Gasteiger partial charge in [-0.25, -0.2) is 4.39 Å². The van der Waals surface area contributed by atoms with Crippen molar-refractivity contribution in [2.24, 2.45) is 5.41 Å². The van der Waals surface area contributed by atoms with Crippen LogP contribution < -0.4 is 4.90 Å². The van der Waals surface area contributed by atoms with E-state index in [0.29, 0.717) is 13.2 Å². The van der Waals surface area contributed by atoms with Gasteiger partial charge in [0.25, 0.3) is 0 Å². The number of rotatable bonds is 5. The molecule has 0 bridgehead atoms. The van der Waals surface area contributed by atoms with Crippen molar-refractivity contribution >= 4 is 22.3 Å². The number of hydrogen-bond donors (Lipinski definition) is 0. The number of ether oxygens (including phenoxy) is 2. The second-order valence-electron chi connectivity index (χ2n) is 6.98. The number of anilines is 1. The van der Waals surface area contributed by atoms with Crippen LogP contribution in [-0.2, 0) is 14.3 Å². The molecule has 6 heteroatoms. The molecule has 1 unspecified atom stereocenters. The summed E-state index contributed by atoms with van der Waals surface area (Å²) in [6, 6.07) is 10.6. The Bertz CT molecular complexity index is 768. The Kier molecular flexibility index (Phi) is 5.63. The fourth-order valence-corrected chi connectivity index (χ4v) is 4.83. The van der Waals surface area contributed by atoms with E-state index in [4.69, 9.17) is 9.47 Å². The van der Waals surface area contributed by atoms with Gasteiger partial charge in [0, 0.05) is 23.9 Å². The Morgan fingerprint density at radius 3 is 2.65 bits per heavy atom. The quantitative estimate of drug-likeness (QED) is 0.737. The number of thiophene rings is 1. The zero-order valence-corrected chi connectivity index (χ0v) is 16.1. The third kappa shape index (κ3) is 3.76. The van der Waals surface area contributed by atoms with Gasteiger partial charge in [-0.2, -0.15) is 0 Å². The molecule has 1 atom stereocenters. The van der Waals surface area contributed by atoms with Gasteiger partial charge in [-0.05, 0) is 43.7 Å². The van der Waals surface area contributed by atoms with E-state index in [-0.39, 0.29) is 17.7 Å². The molecule has 1 aliphatic rings. The van der Waals surface area contributed by atoms with Crippen LogP contribution in [-0.4, -0.2) is 39.4 Å². The number of carbonyl (C=O) groups is 1. The van der Waals surface area contributed by atoms with Crippen molar-refractivity contribution in [2.75, 3.05) is 38.3 Å². The number of hydrogen-bond acceptors (Lipinski definition) is 5. The molecule has 1 fully saturated rings. The fourth-order valence-electron chi connectivity index (χ4n) is 3.45. The van der Waals surface area contributed by atoms with E-state index in [1.54, 1.807) is 17.4 Å². The fraction of sp³-hybridized carbons (Fsp3) is 0.450. The summed E-state index contributed by atoms with van der Waals surface area (Å²) in [5, 5.41) is 1.14. The highest BCUT2D eigenvalue weighted by molar-refractivity contribution is 7.16. The van der Waals surface area contributed by atoms with Crippen molar-refractivity contribution in [1.82, 2.24) is 0 Å². The molecular formula is C20H24FNO3S. The zero-order chi connectivity index (χ0) is 18.7. The lowest BCUT2D eigenvalue weighted by atomic mass is 9.74. The van der Waals surface area contributed by atoms with E-state index in [9.17, 15) is 9.18 Å². The first-order valence-electron chi connectivity index (χ1n) is 8.70. The van der Waals surface area contributed by atoms with Crippen LogP contribution in [0.4, 0.5) is 9.39 Å². The number of benzene rings is 1. The predicted octanol–water partition coefficient (Wildman–Crippen LogP) is 4.05. The third-order valence-corrected chi connectivity index (χ3v) is 6.05. The van der Waals surface area contributed by atoms with Crippen LogP contribution >= 0.6 is 11.3 Å². The van der Waals surface area contributed by atoms with Crippen LogP contribution in [0, 0.1) is 11.2 Å². The van der Waals surface area contributed by atoms with Gasteiger partial charge >= 0.3 is 5.97 Å². The van der Waals surface area contributed by atoms with Crippen molar-refractivity contribution in [2.45, 2.75) is 19.8 Å². The maximum Gasteiger partial charge on any atom is 0.312 e. The number of methoxy groups -OCH3 is 1. The first kappa shape index (κ1) is 18.9. The summed E-state index contributed by atoms with van der Waals surface area (Å²) in [5.41, 5.74) is -0.0499. The molecule has 4 nitrogen and oxygen atoms in total. The topological polar surface area (TPSA) is 38.8 Å². The zero-order valence-electron chi connectivity index (χ0n) is 15.3. The van der Waals surface area contributed by atoms with Crippen molar-refractivity contribution < 1.29 is 18.7 Å². The summed E-state index contributed by atoms with van der Waals surface area (Å²) < 4.78 is 24.3. The van der Waals surface area contributed by atoms with Gasteiger partial charge in [-0.1, -0.05) is 12.1 Å². The van der Waals surface area contributed by atoms with Crippen LogP contribution in [0.5, 0.6) is 0 Å². The number of esters is 1. The van der Waals surface area contributed by atoms with Gasteiger partial charge in [-0.3, -0.25) is 4.79 Å². The maximum absolute atomic E-state index is 13.9. The molecule has 0 radical (unpaired) electrons. The minimum absolute atomic E-state index is 0.287. The molecule has 1 aromatic heterocycles. The summed E-state index contributed by atoms with van der Waals surface area (Å²) >= 11 is 1.64. The Hall–Kier alpha value is -1.92. The highest BCUT2D eigenvalue weighted by Gasteiger charge is 2.41. The average molecular weight is 377 g/mol. The van der Waals surface area contributed by atoms with Gasteiger partial charge in [-0.15, -0.1) is 11.3 Å². The lowest BCUT2D eigenvalue weighted by Crippen LogP contribution is -2.35. The van der Waals surface area contributed by atoms with Gasteiger partial charge < -0.3 is 14.4 Å². The van der Waals surface area contributed by atoms with Crippen molar-refractivity contribution in [3.05, 3.63) is 52.7 Å². The molecule has 26 heavy (non-hydrogen) atoms. The van der Waals surface area contributed by atoms with Crippen molar-refractivity contribution in [3.63, 3.8) is 0 Å². The highest BCUT2D eigenvalue weighted by Crippen LogP contribution is 2.45. The second kappa shape index (κ2) is 7.76. The van der Waals surface area contributed by atoms with Gasteiger partial charge in [0.1, 0.15) is 5.82 Å².